The van der Waals surface area contributed by atoms with Gasteiger partial charge < -0.3 is 15.0 Å². The third kappa shape index (κ3) is 3.96. The van der Waals surface area contributed by atoms with Gasteiger partial charge in [-0.05, 0) is 32.2 Å². The molecule has 1 atom stereocenters. The molecule has 1 amide bonds. The van der Waals surface area contributed by atoms with E-state index in [9.17, 15) is 4.79 Å². The van der Waals surface area contributed by atoms with Crippen molar-refractivity contribution >= 4 is 5.91 Å². The fourth-order valence-electron chi connectivity index (χ4n) is 2.49. The molecule has 4 heteroatoms. The van der Waals surface area contributed by atoms with Crippen LogP contribution in [-0.4, -0.2) is 49.7 Å². The molecule has 1 aliphatic heterocycles. The fourth-order valence-corrected chi connectivity index (χ4v) is 2.49. The molecule has 0 aromatic heterocycles. The van der Waals surface area contributed by atoms with Crippen molar-refractivity contribution in [3.05, 3.63) is 0 Å². The molecule has 0 aromatic rings. The summed E-state index contributed by atoms with van der Waals surface area (Å²) in [5.74, 6) is 0.258. The van der Waals surface area contributed by atoms with E-state index in [0.29, 0.717) is 19.2 Å². The zero-order valence-electron chi connectivity index (χ0n) is 11.4. The highest BCUT2D eigenvalue weighted by molar-refractivity contribution is 5.82. The van der Waals surface area contributed by atoms with Crippen LogP contribution < -0.4 is 5.32 Å². The number of hydrogen-bond acceptors (Lipinski definition) is 3. The topological polar surface area (TPSA) is 41.6 Å². The van der Waals surface area contributed by atoms with Gasteiger partial charge in [0, 0.05) is 19.7 Å². The van der Waals surface area contributed by atoms with Gasteiger partial charge in [0.05, 0.1) is 12.6 Å². The standard InChI is InChI=1S/C13H26N2O2/c1-4-11(5-2)15(9-10-17-3)13(16)12-7-6-8-14-12/h11-12,14H,4-10H2,1-3H3/t12-/m1/s1. The summed E-state index contributed by atoms with van der Waals surface area (Å²) in [6.07, 6.45) is 4.11. The third-order valence-corrected chi connectivity index (χ3v) is 3.56. The van der Waals surface area contributed by atoms with E-state index in [4.69, 9.17) is 4.74 Å². The number of rotatable bonds is 7. The van der Waals surface area contributed by atoms with Crippen LogP contribution in [0.25, 0.3) is 0 Å². The summed E-state index contributed by atoms with van der Waals surface area (Å²) >= 11 is 0. The van der Waals surface area contributed by atoms with E-state index in [-0.39, 0.29) is 11.9 Å². The normalized spacial score (nSPS) is 19.9. The Bertz CT molecular complexity index is 223. The lowest BCUT2D eigenvalue weighted by molar-refractivity contribution is -0.136. The van der Waals surface area contributed by atoms with Crippen LogP contribution in [0.1, 0.15) is 39.5 Å². The Balaban J connectivity index is 2.62. The Hall–Kier alpha value is -0.610. The summed E-state index contributed by atoms with van der Waals surface area (Å²) in [4.78, 5) is 14.4. The van der Waals surface area contributed by atoms with Crippen molar-refractivity contribution in [2.75, 3.05) is 26.8 Å². The molecule has 0 saturated carbocycles. The van der Waals surface area contributed by atoms with Crippen molar-refractivity contribution in [1.82, 2.24) is 10.2 Å². The predicted octanol–water partition coefficient (Wildman–Crippen LogP) is 1.40. The van der Waals surface area contributed by atoms with Crippen LogP contribution in [0, 0.1) is 0 Å². The molecule has 0 aromatic carbocycles. The molecule has 17 heavy (non-hydrogen) atoms. The van der Waals surface area contributed by atoms with E-state index >= 15 is 0 Å². The number of hydrogen-bond donors (Lipinski definition) is 1. The molecule has 4 nitrogen and oxygen atoms in total. The largest absolute Gasteiger partial charge is 0.383 e. The molecule has 1 aliphatic rings. The summed E-state index contributed by atoms with van der Waals surface area (Å²) in [6, 6.07) is 0.382. The smallest absolute Gasteiger partial charge is 0.240 e. The summed E-state index contributed by atoms with van der Waals surface area (Å²) < 4.78 is 5.11. The Morgan fingerprint density at radius 2 is 2.18 bits per heavy atom. The van der Waals surface area contributed by atoms with Crippen LogP contribution >= 0.6 is 0 Å². The number of nitrogens with one attached hydrogen (secondary N) is 1. The molecule has 1 saturated heterocycles. The first kappa shape index (κ1) is 14.5. The van der Waals surface area contributed by atoms with E-state index in [2.05, 4.69) is 19.2 Å². The average molecular weight is 242 g/mol. The first-order valence-electron chi connectivity index (χ1n) is 6.77. The average Bonchev–Trinajstić information content (AvgIpc) is 2.87. The van der Waals surface area contributed by atoms with E-state index in [1.165, 1.54) is 0 Å². The number of amides is 1. The summed E-state index contributed by atoms with van der Waals surface area (Å²) in [5, 5.41) is 3.28. The Morgan fingerprint density at radius 1 is 1.47 bits per heavy atom. The molecule has 100 valence electrons. The van der Waals surface area contributed by atoms with Gasteiger partial charge in [-0.25, -0.2) is 0 Å². The van der Waals surface area contributed by atoms with Gasteiger partial charge in [-0.2, -0.15) is 0 Å². The van der Waals surface area contributed by atoms with Gasteiger partial charge in [0.2, 0.25) is 5.91 Å². The lowest BCUT2D eigenvalue weighted by Crippen LogP contribution is -2.49. The van der Waals surface area contributed by atoms with Gasteiger partial charge >= 0.3 is 0 Å². The van der Waals surface area contributed by atoms with Gasteiger partial charge in [-0.15, -0.1) is 0 Å². The first-order chi connectivity index (χ1) is 8.24. The minimum absolute atomic E-state index is 0.0347. The number of carbonyl (C=O) groups is 1. The summed E-state index contributed by atoms with van der Waals surface area (Å²) in [6.45, 7) is 6.58. The second kappa shape index (κ2) is 7.67. The van der Waals surface area contributed by atoms with Gasteiger partial charge in [0.1, 0.15) is 0 Å². The van der Waals surface area contributed by atoms with Gasteiger partial charge in [-0.1, -0.05) is 13.8 Å². The molecular formula is C13H26N2O2. The van der Waals surface area contributed by atoms with Crippen LogP contribution in [0.3, 0.4) is 0 Å². The van der Waals surface area contributed by atoms with Crippen LogP contribution in [0.2, 0.25) is 0 Å². The number of nitrogens with zero attached hydrogens (tertiary/aromatic N) is 1. The first-order valence-corrected chi connectivity index (χ1v) is 6.77. The molecule has 0 radical (unpaired) electrons. The van der Waals surface area contributed by atoms with Crippen LogP contribution in [-0.2, 0) is 9.53 Å². The minimum atomic E-state index is 0.0347. The second-order valence-corrected chi connectivity index (χ2v) is 4.64. The number of ether oxygens (including phenoxy) is 1. The van der Waals surface area contributed by atoms with Crippen molar-refractivity contribution in [1.29, 1.82) is 0 Å². The van der Waals surface area contributed by atoms with Crippen molar-refractivity contribution in [3.8, 4) is 0 Å². The van der Waals surface area contributed by atoms with Crippen LogP contribution in [0.4, 0.5) is 0 Å². The number of methoxy groups -OCH3 is 1. The van der Waals surface area contributed by atoms with Gasteiger partial charge in [-0.3, -0.25) is 4.79 Å². The molecule has 1 heterocycles. The number of carbonyl (C=O) groups excluding carboxylic acids is 1. The summed E-state index contributed by atoms with van der Waals surface area (Å²) in [7, 11) is 1.68. The van der Waals surface area contributed by atoms with Crippen molar-refractivity contribution < 1.29 is 9.53 Å². The quantitative estimate of drug-likeness (QED) is 0.734. The minimum Gasteiger partial charge on any atom is -0.383 e. The molecule has 1 N–H and O–H groups in total. The SMILES string of the molecule is CCC(CC)N(CCOC)C(=O)[C@H]1CCCN1. The van der Waals surface area contributed by atoms with Crippen LogP contribution in [0.15, 0.2) is 0 Å². The maximum absolute atomic E-state index is 12.4. The van der Waals surface area contributed by atoms with Gasteiger partial charge in [0.15, 0.2) is 0 Å². The third-order valence-electron chi connectivity index (χ3n) is 3.56. The van der Waals surface area contributed by atoms with Crippen molar-refractivity contribution in [2.24, 2.45) is 0 Å². The highest BCUT2D eigenvalue weighted by Gasteiger charge is 2.29. The Morgan fingerprint density at radius 3 is 2.65 bits per heavy atom. The van der Waals surface area contributed by atoms with E-state index in [1.54, 1.807) is 7.11 Å². The predicted molar refractivity (Wildman–Crippen MR) is 69.0 cm³/mol. The van der Waals surface area contributed by atoms with Crippen molar-refractivity contribution in [3.63, 3.8) is 0 Å². The zero-order valence-corrected chi connectivity index (χ0v) is 11.4. The monoisotopic (exact) mass is 242 g/mol. The molecule has 0 spiro atoms. The lowest BCUT2D eigenvalue weighted by Gasteiger charge is -2.32. The Kier molecular flexibility index (Phi) is 6.52. The van der Waals surface area contributed by atoms with Crippen molar-refractivity contribution in [2.45, 2.75) is 51.6 Å². The van der Waals surface area contributed by atoms with E-state index < -0.39 is 0 Å². The van der Waals surface area contributed by atoms with E-state index in [1.807, 2.05) is 4.90 Å². The molecule has 1 rings (SSSR count). The van der Waals surface area contributed by atoms with Crippen LogP contribution in [0.5, 0.6) is 0 Å². The fraction of sp³-hybridized carbons (Fsp3) is 0.923. The Labute approximate surface area is 105 Å². The molecule has 0 bridgehead atoms. The second-order valence-electron chi connectivity index (χ2n) is 4.64. The molecule has 0 unspecified atom stereocenters. The lowest BCUT2D eigenvalue weighted by atomic mass is 10.1. The maximum Gasteiger partial charge on any atom is 0.240 e. The summed E-state index contributed by atoms with van der Waals surface area (Å²) in [5.41, 5.74) is 0. The molecule has 0 aliphatic carbocycles. The highest BCUT2D eigenvalue weighted by Crippen LogP contribution is 2.14. The molecule has 1 fully saturated rings. The zero-order chi connectivity index (χ0) is 12.7. The highest BCUT2D eigenvalue weighted by atomic mass is 16.5. The van der Waals surface area contributed by atoms with E-state index in [0.717, 1.165) is 32.2 Å². The van der Waals surface area contributed by atoms with Gasteiger partial charge in [0.25, 0.3) is 0 Å². The maximum atomic E-state index is 12.4. The molecular weight excluding hydrogens is 216 g/mol.